The van der Waals surface area contributed by atoms with E-state index in [1.165, 1.54) is 0 Å². The molecule has 0 aliphatic rings. The van der Waals surface area contributed by atoms with Crippen molar-refractivity contribution < 1.29 is 4.79 Å². The molecule has 1 rings (SSSR count). The molecular formula is C11H17N3O. The van der Waals surface area contributed by atoms with Crippen molar-refractivity contribution in [3.05, 3.63) is 30.1 Å². The van der Waals surface area contributed by atoms with Gasteiger partial charge in [0.1, 0.15) is 0 Å². The van der Waals surface area contributed by atoms with E-state index in [0.717, 1.165) is 25.2 Å². The quantitative estimate of drug-likeness (QED) is 0.675. The van der Waals surface area contributed by atoms with E-state index in [2.05, 4.69) is 15.6 Å². The Bertz CT molecular complexity index is 287. The molecule has 0 atom stereocenters. The van der Waals surface area contributed by atoms with Crippen molar-refractivity contribution in [2.24, 2.45) is 0 Å². The maximum Gasteiger partial charge on any atom is 0.219 e. The Morgan fingerprint density at radius 3 is 3.00 bits per heavy atom. The summed E-state index contributed by atoms with van der Waals surface area (Å²) in [7, 11) is 1.66. The van der Waals surface area contributed by atoms with E-state index in [0.29, 0.717) is 6.42 Å². The van der Waals surface area contributed by atoms with Gasteiger partial charge in [-0.05, 0) is 25.1 Å². The summed E-state index contributed by atoms with van der Waals surface area (Å²) in [5, 5.41) is 5.83. The lowest BCUT2D eigenvalue weighted by molar-refractivity contribution is -0.120. The third-order valence-electron chi connectivity index (χ3n) is 2.07. The fourth-order valence-electron chi connectivity index (χ4n) is 1.22. The van der Waals surface area contributed by atoms with Crippen LogP contribution >= 0.6 is 0 Å². The topological polar surface area (TPSA) is 54.0 Å². The first-order chi connectivity index (χ1) is 7.33. The molecule has 0 saturated heterocycles. The zero-order chi connectivity index (χ0) is 10.9. The highest BCUT2D eigenvalue weighted by Crippen LogP contribution is 1.92. The Hall–Kier alpha value is -1.42. The summed E-state index contributed by atoms with van der Waals surface area (Å²) in [5.74, 6) is 0.0923. The second kappa shape index (κ2) is 6.95. The van der Waals surface area contributed by atoms with Crippen molar-refractivity contribution in [1.29, 1.82) is 0 Å². The van der Waals surface area contributed by atoms with E-state index in [9.17, 15) is 4.79 Å². The molecular weight excluding hydrogens is 190 g/mol. The van der Waals surface area contributed by atoms with Gasteiger partial charge in [-0.15, -0.1) is 0 Å². The minimum Gasteiger partial charge on any atom is -0.359 e. The van der Waals surface area contributed by atoms with Gasteiger partial charge < -0.3 is 10.6 Å². The summed E-state index contributed by atoms with van der Waals surface area (Å²) in [6.07, 6.45) is 3.21. The Morgan fingerprint density at radius 1 is 1.47 bits per heavy atom. The Balaban J connectivity index is 2.05. The maximum absolute atomic E-state index is 10.9. The van der Waals surface area contributed by atoms with Gasteiger partial charge in [-0.25, -0.2) is 0 Å². The predicted molar refractivity (Wildman–Crippen MR) is 59.2 cm³/mol. The van der Waals surface area contributed by atoms with E-state index < -0.39 is 0 Å². The zero-order valence-electron chi connectivity index (χ0n) is 8.99. The highest BCUT2D eigenvalue weighted by Gasteiger charge is 1.97. The minimum atomic E-state index is 0.0923. The summed E-state index contributed by atoms with van der Waals surface area (Å²) in [4.78, 5) is 15.1. The first-order valence-corrected chi connectivity index (χ1v) is 5.14. The second-order valence-electron chi connectivity index (χ2n) is 3.27. The van der Waals surface area contributed by atoms with Gasteiger partial charge >= 0.3 is 0 Å². The van der Waals surface area contributed by atoms with Gasteiger partial charge in [-0.3, -0.25) is 9.78 Å². The molecule has 4 nitrogen and oxygen atoms in total. The van der Waals surface area contributed by atoms with Crippen LogP contribution in [0.15, 0.2) is 24.4 Å². The molecule has 0 saturated carbocycles. The lowest BCUT2D eigenvalue weighted by Gasteiger charge is -2.03. The van der Waals surface area contributed by atoms with Crippen molar-refractivity contribution in [3.63, 3.8) is 0 Å². The van der Waals surface area contributed by atoms with Crippen molar-refractivity contribution in [2.45, 2.75) is 19.4 Å². The average Bonchev–Trinajstić information content (AvgIpc) is 2.29. The van der Waals surface area contributed by atoms with E-state index in [1.807, 2.05) is 18.2 Å². The smallest absolute Gasteiger partial charge is 0.219 e. The van der Waals surface area contributed by atoms with Crippen molar-refractivity contribution in [1.82, 2.24) is 15.6 Å². The van der Waals surface area contributed by atoms with E-state index >= 15 is 0 Å². The van der Waals surface area contributed by atoms with Crippen molar-refractivity contribution in [2.75, 3.05) is 13.6 Å². The van der Waals surface area contributed by atoms with E-state index in [4.69, 9.17) is 0 Å². The summed E-state index contributed by atoms with van der Waals surface area (Å²) < 4.78 is 0. The number of hydrogen-bond acceptors (Lipinski definition) is 3. The lowest BCUT2D eigenvalue weighted by Crippen LogP contribution is -2.21. The third kappa shape index (κ3) is 5.12. The zero-order valence-corrected chi connectivity index (χ0v) is 8.99. The van der Waals surface area contributed by atoms with Crippen LogP contribution in [-0.4, -0.2) is 24.5 Å². The SMILES string of the molecule is CNC(=O)CCCNCc1ccccn1. The van der Waals surface area contributed by atoms with Gasteiger partial charge in [-0.2, -0.15) is 0 Å². The first kappa shape index (κ1) is 11.7. The molecule has 1 heterocycles. The lowest BCUT2D eigenvalue weighted by atomic mass is 10.3. The van der Waals surface area contributed by atoms with Gasteiger partial charge in [0, 0.05) is 26.2 Å². The van der Waals surface area contributed by atoms with Crippen LogP contribution in [0.4, 0.5) is 0 Å². The summed E-state index contributed by atoms with van der Waals surface area (Å²) >= 11 is 0. The average molecular weight is 207 g/mol. The molecule has 15 heavy (non-hydrogen) atoms. The van der Waals surface area contributed by atoms with Crippen LogP contribution in [0.1, 0.15) is 18.5 Å². The number of carbonyl (C=O) groups excluding carboxylic acids is 1. The monoisotopic (exact) mass is 207 g/mol. The van der Waals surface area contributed by atoms with Gasteiger partial charge in [0.15, 0.2) is 0 Å². The summed E-state index contributed by atoms with van der Waals surface area (Å²) in [6.45, 7) is 1.60. The number of rotatable bonds is 6. The molecule has 0 aliphatic heterocycles. The van der Waals surface area contributed by atoms with Gasteiger partial charge in [0.2, 0.25) is 5.91 Å². The highest BCUT2D eigenvalue weighted by atomic mass is 16.1. The number of nitrogens with zero attached hydrogens (tertiary/aromatic N) is 1. The van der Waals surface area contributed by atoms with Crippen LogP contribution in [0.25, 0.3) is 0 Å². The standard InChI is InChI=1S/C11H17N3O/c1-12-11(15)6-4-7-13-9-10-5-2-3-8-14-10/h2-3,5,8,13H,4,6-7,9H2,1H3,(H,12,15). The van der Waals surface area contributed by atoms with Crippen LogP contribution in [-0.2, 0) is 11.3 Å². The largest absolute Gasteiger partial charge is 0.359 e. The number of amides is 1. The maximum atomic E-state index is 10.9. The molecule has 0 aliphatic carbocycles. The fourth-order valence-corrected chi connectivity index (χ4v) is 1.22. The van der Waals surface area contributed by atoms with Crippen LogP contribution < -0.4 is 10.6 Å². The van der Waals surface area contributed by atoms with Crippen molar-refractivity contribution in [3.8, 4) is 0 Å². The normalized spacial score (nSPS) is 9.93. The van der Waals surface area contributed by atoms with Gasteiger partial charge in [0.25, 0.3) is 0 Å². The highest BCUT2D eigenvalue weighted by molar-refractivity contribution is 5.75. The van der Waals surface area contributed by atoms with Crippen molar-refractivity contribution >= 4 is 5.91 Å². The molecule has 0 aromatic carbocycles. The van der Waals surface area contributed by atoms with Crippen LogP contribution in [0, 0.1) is 0 Å². The molecule has 0 unspecified atom stereocenters. The number of pyridine rings is 1. The number of carbonyl (C=O) groups is 1. The molecule has 0 fully saturated rings. The molecule has 0 bridgehead atoms. The molecule has 0 radical (unpaired) electrons. The van der Waals surface area contributed by atoms with E-state index in [1.54, 1.807) is 13.2 Å². The number of hydrogen-bond donors (Lipinski definition) is 2. The van der Waals surface area contributed by atoms with E-state index in [-0.39, 0.29) is 5.91 Å². The first-order valence-electron chi connectivity index (χ1n) is 5.14. The molecule has 1 aromatic rings. The molecule has 0 spiro atoms. The second-order valence-corrected chi connectivity index (χ2v) is 3.27. The molecule has 4 heteroatoms. The molecule has 2 N–H and O–H groups in total. The predicted octanol–water partition coefficient (Wildman–Crippen LogP) is 0.697. The molecule has 82 valence electrons. The van der Waals surface area contributed by atoms with Crippen LogP contribution in [0.2, 0.25) is 0 Å². The van der Waals surface area contributed by atoms with Crippen LogP contribution in [0.3, 0.4) is 0 Å². The molecule has 1 amide bonds. The Morgan fingerprint density at radius 2 is 2.33 bits per heavy atom. The number of aromatic nitrogens is 1. The molecule has 1 aromatic heterocycles. The Kier molecular flexibility index (Phi) is 5.40. The van der Waals surface area contributed by atoms with Crippen LogP contribution in [0.5, 0.6) is 0 Å². The summed E-state index contributed by atoms with van der Waals surface area (Å²) in [6, 6.07) is 5.84. The van der Waals surface area contributed by atoms with Gasteiger partial charge in [0.05, 0.1) is 5.69 Å². The minimum absolute atomic E-state index is 0.0923. The van der Waals surface area contributed by atoms with Gasteiger partial charge in [-0.1, -0.05) is 6.07 Å². The Labute approximate surface area is 90.1 Å². The third-order valence-corrected chi connectivity index (χ3v) is 2.07. The number of nitrogens with one attached hydrogen (secondary N) is 2. The summed E-state index contributed by atoms with van der Waals surface area (Å²) in [5.41, 5.74) is 1.03. The fraction of sp³-hybridized carbons (Fsp3) is 0.455.